The van der Waals surface area contributed by atoms with Crippen LogP contribution in [0.2, 0.25) is 0 Å². The van der Waals surface area contributed by atoms with Crippen LogP contribution in [0, 0.1) is 5.92 Å². The number of aromatic nitrogens is 2. The Morgan fingerprint density at radius 2 is 2.22 bits per heavy atom. The molecule has 4 heteroatoms. The number of rotatable bonds is 2. The first kappa shape index (κ1) is 11.5. The van der Waals surface area contributed by atoms with Gasteiger partial charge in [-0.3, -0.25) is 0 Å². The van der Waals surface area contributed by atoms with E-state index in [0.29, 0.717) is 12.6 Å². The first-order chi connectivity index (χ1) is 8.70. The molecule has 4 nitrogen and oxygen atoms in total. The van der Waals surface area contributed by atoms with Gasteiger partial charge >= 0.3 is 0 Å². The van der Waals surface area contributed by atoms with Gasteiger partial charge in [-0.2, -0.15) is 0 Å². The number of fused-ring (bicyclic) bond motifs is 1. The summed E-state index contributed by atoms with van der Waals surface area (Å²) in [4.78, 5) is 7.16. The van der Waals surface area contributed by atoms with Gasteiger partial charge in [-0.05, 0) is 31.4 Å². The molecule has 0 spiro atoms. The molecule has 18 heavy (non-hydrogen) atoms. The Morgan fingerprint density at radius 1 is 1.39 bits per heavy atom. The third-order valence-electron chi connectivity index (χ3n) is 3.86. The number of nitrogens with zero attached hydrogens (tertiary/aromatic N) is 3. The average Bonchev–Trinajstić information content (AvgIpc) is 2.88. The maximum absolute atomic E-state index is 5.92. The molecule has 2 atom stereocenters. The van der Waals surface area contributed by atoms with Gasteiger partial charge in [0.05, 0.1) is 5.69 Å². The fraction of sp³-hybridized carbons (Fsp3) is 0.500. The standard InChI is InChI=1S/C14H20N4/c1-10-7-11(2)18(9-10)14-12(8-15)17-6-4-3-5-13(17)16-14/h3-6,10-11H,7-9,15H2,1-2H3. The summed E-state index contributed by atoms with van der Waals surface area (Å²) in [6.07, 6.45) is 3.27. The minimum Gasteiger partial charge on any atom is -0.352 e. The Balaban J connectivity index is 2.11. The Bertz CT molecular complexity index is 560. The van der Waals surface area contributed by atoms with Crippen LogP contribution in [0.1, 0.15) is 26.0 Å². The minimum atomic E-state index is 0.526. The van der Waals surface area contributed by atoms with Crippen LogP contribution in [0.25, 0.3) is 5.65 Å². The van der Waals surface area contributed by atoms with E-state index in [9.17, 15) is 0 Å². The summed E-state index contributed by atoms with van der Waals surface area (Å²) in [5.74, 6) is 1.80. The van der Waals surface area contributed by atoms with E-state index in [1.807, 2.05) is 24.4 Å². The van der Waals surface area contributed by atoms with Gasteiger partial charge in [0.2, 0.25) is 0 Å². The zero-order chi connectivity index (χ0) is 12.7. The van der Waals surface area contributed by atoms with Gasteiger partial charge in [-0.25, -0.2) is 4.98 Å². The van der Waals surface area contributed by atoms with E-state index in [2.05, 4.69) is 23.1 Å². The quantitative estimate of drug-likeness (QED) is 0.879. The van der Waals surface area contributed by atoms with Crippen LogP contribution < -0.4 is 10.6 Å². The molecule has 2 unspecified atom stereocenters. The first-order valence-electron chi connectivity index (χ1n) is 6.63. The zero-order valence-corrected chi connectivity index (χ0v) is 11.0. The van der Waals surface area contributed by atoms with Crippen molar-refractivity contribution >= 4 is 11.5 Å². The van der Waals surface area contributed by atoms with Crippen molar-refractivity contribution in [3.63, 3.8) is 0 Å². The molecule has 1 aliphatic rings. The summed E-state index contributed by atoms with van der Waals surface area (Å²) in [5, 5.41) is 0. The lowest BCUT2D eigenvalue weighted by molar-refractivity contribution is 0.625. The van der Waals surface area contributed by atoms with Crippen molar-refractivity contribution in [2.75, 3.05) is 11.4 Å². The lowest BCUT2D eigenvalue weighted by atomic mass is 10.1. The highest BCUT2D eigenvalue weighted by molar-refractivity contribution is 5.57. The third kappa shape index (κ3) is 1.68. The summed E-state index contributed by atoms with van der Waals surface area (Å²) in [6.45, 7) is 6.18. The molecule has 1 aliphatic heterocycles. The first-order valence-corrected chi connectivity index (χ1v) is 6.63. The molecule has 3 rings (SSSR count). The zero-order valence-electron chi connectivity index (χ0n) is 11.0. The molecule has 0 aromatic carbocycles. The van der Waals surface area contributed by atoms with Crippen LogP contribution >= 0.6 is 0 Å². The van der Waals surface area contributed by atoms with Crippen molar-refractivity contribution in [1.29, 1.82) is 0 Å². The van der Waals surface area contributed by atoms with Crippen molar-refractivity contribution in [3.8, 4) is 0 Å². The normalized spacial score (nSPS) is 24.1. The minimum absolute atomic E-state index is 0.526. The number of hydrogen-bond acceptors (Lipinski definition) is 3. The second-order valence-electron chi connectivity index (χ2n) is 5.36. The van der Waals surface area contributed by atoms with E-state index in [1.165, 1.54) is 6.42 Å². The molecule has 1 saturated heterocycles. The van der Waals surface area contributed by atoms with E-state index >= 15 is 0 Å². The summed E-state index contributed by atoms with van der Waals surface area (Å²) in [7, 11) is 0. The molecular weight excluding hydrogens is 224 g/mol. The highest BCUT2D eigenvalue weighted by Crippen LogP contribution is 2.31. The van der Waals surface area contributed by atoms with Crippen molar-refractivity contribution in [2.24, 2.45) is 11.7 Å². The molecule has 0 bridgehead atoms. The number of anilines is 1. The largest absolute Gasteiger partial charge is 0.352 e. The Morgan fingerprint density at radius 3 is 2.89 bits per heavy atom. The van der Waals surface area contributed by atoms with Gasteiger partial charge in [-0.1, -0.05) is 13.0 Å². The molecule has 2 N–H and O–H groups in total. The van der Waals surface area contributed by atoms with Crippen molar-refractivity contribution in [3.05, 3.63) is 30.1 Å². The van der Waals surface area contributed by atoms with Crippen molar-refractivity contribution in [1.82, 2.24) is 9.38 Å². The second-order valence-corrected chi connectivity index (χ2v) is 5.36. The van der Waals surface area contributed by atoms with Gasteiger partial charge in [0.25, 0.3) is 0 Å². The maximum atomic E-state index is 5.92. The van der Waals surface area contributed by atoms with Crippen LogP contribution in [0.3, 0.4) is 0 Å². The highest BCUT2D eigenvalue weighted by atomic mass is 15.3. The molecule has 2 aromatic rings. The summed E-state index contributed by atoms with van der Waals surface area (Å²) >= 11 is 0. The highest BCUT2D eigenvalue weighted by Gasteiger charge is 2.29. The molecular formula is C14H20N4. The monoisotopic (exact) mass is 244 g/mol. The molecule has 3 heterocycles. The number of nitrogens with two attached hydrogens (primary N) is 1. The smallest absolute Gasteiger partial charge is 0.152 e. The lowest BCUT2D eigenvalue weighted by Gasteiger charge is -2.22. The number of pyridine rings is 1. The van der Waals surface area contributed by atoms with Crippen LogP contribution in [-0.4, -0.2) is 22.0 Å². The Labute approximate surface area is 107 Å². The van der Waals surface area contributed by atoms with Gasteiger partial charge in [-0.15, -0.1) is 0 Å². The van der Waals surface area contributed by atoms with Crippen molar-refractivity contribution in [2.45, 2.75) is 32.9 Å². The summed E-state index contributed by atoms with van der Waals surface area (Å²) in [5.41, 5.74) is 8.02. The molecule has 0 aliphatic carbocycles. The van der Waals surface area contributed by atoms with Crippen LogP contribution in [0.4, 0.5) is 5.82 Å². The predicted molar refractivity (Wildman–Crippen MR) is 73.7 cm³/mol. The molecule has 2 aromatic heterocycles. The molecule has 0 saturated carbocycles. The summed E-state index contributed by atoms with van der Waals surface area (Å²) in [6, 6.07) is 6.62. The van der Waals surface area contributed by atoms with E-state index in [1.54, 1.807) is 0 Å². The average molecular weight is 244 g/mol. The van der Waals surface area contributed by atoms with Gasteiger partial charge in [0, 0.05) is 25.3 Å². The van der Waals surface area contributed by atoms with Gasteiger partial charge < -0.3 is 15.0 Å². The van der Waals surface area contributed by atoms with Crippen LogP contribution in [0.5, 0.6) is 0 Å². The fourth-order valence-electron chi connectivity index (χ4n) is 3.05. The second kappa shape index (κ2) is 4.28. The topological polar surface area (TPSA) is 46.6 Å². The third-order valence-corrected chi connectivity index (χ3v) is 3.86. The molecule has 0 radical (unpaired) electrons. The Hall–Kier alpha value is -1.55. The van der Waals surface area contributed by atoms with Crippen LogP contribution in [-0.2, 0) is 6.54 Å². The summed E-state index contributed by atoms with van der Waals surface area (Å²) < 4.78 is 2.10. The predicted octanol–water partition coefficient (Wildman–Crippen LogP) is 2.03. The molecule has 0 amide bonds. The van der Waals surface area contributed by atoms with Crippen LogP contribution in [0.15, 0.2) is 24.4 Å². The molecule has 1 fully saturated rings. The van der Waals surface area contributed by atoms with Crippen molar-refractivity contribution < 1.29 is 0 Å². The number of imidazole rings is 1. The van der Waals surface area contributed by atoms with Gasteiger partial charge in [0.1, 0.15) is 5.65 Å². The van der Waals surface area contributed by atoms with Gasteiger partial charge in [0.15, 0.2) is 5.82 Å². The SMILES string of the molecule is CC1CC(C)N(c2nc3ccccn3c2CN)C1. The van der Waals surface area contributed by atoms with E-state index in [0.717, 1.165) is 29.6 Å². The lowest BCUT2D eigenvalue weighted by Crippen LogP contribution is -2.28. The van der Waals surface area contributed by atoms with E-state index < -0.39 is 0 Å². The van der Waals surface area contributed by atoms with E-state index in [-0.39, 0.29) is 0 Å². The van der Waals surface area contributed by atoms with E-state index in [4.69, 9.17) is 10.7 Å². The Kier molecular flexibility index (Phi) is 2.74. The maximum Gasteiger partial charge on any atom is 0.152 e. The molecule has 96 valence electrons. The fourth-order valence-corrected chi connectivity index (χ4v) is 3.05. The number of hydrogen-bond donors (Lipinski definition) is 1.